The molecule has 2 aromatic rings. The molecule has 1 unspecified atom stereocenters. The molecule has 2 atom stereocenters. The van der Waals surface area contributed by atoms with Crippen molar-refractivity contribution >= 4 is 23.2 Å². The van der Waals surface area contributed by atoms with Gasteiger partial charge in [-0.05, 0) is 43.9 Å². The van der Waals surface area contributed by atoms with Gasteiger partial charge in [0, 0.05) is 55.9 Å². The number of nitrogens with zero attached hydrogens (tertiary/aromatic N) is 3. The van der Waals surface area contributed by atoms with Crippen molar-refractivity contribution in [2.45, 2.75) is 32.7 Å². The molecule has 6 heteroatoms. The lowest BCUT2D eigenvalue weighted by Gasteiger charge is -2.43. The summed E-state index contributed by atoms with van der Waals surface area (Å²) in [6.45, 7) is 6.79. The molecule has 4 rings (SSSR count). The first kappa shape index (κ1) is 18.6. The van der Waals surface area contributed by atoms with Gasteiger partial charge in [-0.3, -0.25) is 0 Å². The molecule has 1 saturated heterocycles. The van der Waals surface area contributed by atoms with Crippen LogP contribution in [-0.4, -0.2) is 48.6 Å². The Bertz CT molecular complexity index is 851. The smallest absolute Gasteiger partial charge is 0.321 e. The molecule has 0 aliphatic carbocycles. The number of hydrogen-bond acceptors (Lipinski definition) is 4. The average Bonchev–Trinajstić information content (AvgIpc) is 3.18. The standard InChI is InChI=1S/C22H29N5O/c1-15-4-6-17(7-5-15)25-22(28)27-13-10-16(2)20(14-27)26(3)19-9-12-24-21-18(19)8-11-23-21/h4-7,9,12,16,20H,8,10-11,13-14H2,1-3H3,(H,23,24)(H,25,28)/t16-,20?/m1/s1. The number of rotatable bonds is 3. The summed E-state index contributed by atoms with van der Waals surface area (Å²) < 4.78 is 0. The Balaban J connectivity index is 1.48. The number of carbonyl (C=O) groups is 1. The molecule has 28 heavy (non-hydrogen) atoms. The zero-order chi connectivity index (χ0) is 19.7. The lowest BCUT2D eigenvalue weighted by Crippen LogP contribution is -2.53. The number of likely N-dealkylation sites (tertiary alicyclic amines) is 1. The number of amides is 2. The number of carbonyl (C=O) groups excluding carboxylic acids is 1. The molecule has 3 heterocycles. The average molecular weight is 380 g/mol. The summed E-state index contributed by atoms with van der Waals surface area (Å²) in [4.78, 5) is 21.6. The zero-order valence-corrected chi connectivity index (χ0v) is 16.9. The maximum atomic E-state index is 12.8. The number of likely N-dealkylation sites (N-methyl/N-ethyl adjacent to an activating group) is 1. The summed E-state index contributed by atoms with van der Waals surface area (Å²) in [7, 11) is 2.15. The zero-order valence-electron chi connectivity index (χ0n) is 16.9. The van der Waals surface area contributed by atoms with E-state index in [1.165, 1.54) is 16.8 Å². The van der Waals surface area contributed by atoms with Crippen LogP contribution in [0.5, 0.6) is 0 Å². The van der Waals surface area contributed by atoms with Crippen LogP contribution in [0.3, 0.4) is 0 Å². The van der Waals surface area contributed by atoms with E-state index in [9.17, 15) is 4.79 Å². The minimum absolute atomic E-state index is 0.0178. The second-order valence-corrected chi connectivity index (χ2v) is 8.02. The van der Waals surface area contributed by atoms with Crippen molar-refractivity contribution in [1.82, 2.24) is 9.88 Å². The monoisotopic (exact) mass is 379 g/mol. The fourth-order valence-corrected chi connectivity index (χ4v) is 4.27. The van der Waals surface area contributed by atoms with E-state index in [0.29, 0.717) is 5.92 Å². The van der Waals surface area contributed by atoms with Crippen LogP contribution in [-0.2, 0) is 6.42 Å². The second kappa shape index (κ2) is 7.70. The first-order chi connectivity index (χ1) is 13.5. The highest BCUT2D eigenvalue weighted by Gasteiger charge is 2.33. The Morgan fingerprint density at radius 3 is 2.86 bits per heavy atom. The summed E-state index contributed by atoms with van der Waals surface area (Å²) in [5, 5.41) is 6.40. The van der Waals surface area contributed by atoms with Gasteiger partial charge in [-0.15, -0.1) is 0 Å². The molecule has 1 aromatic heterocycles. The predicted octanol–water partition coefficient (Wildman–Crippen LogP) is 3.74. The Labute approximate surface area is 166 Å². The van der Waals surface area contributed by atoms with Crippen LogP contribution in [0.1, 0.15) is 24.5 Å². The Kier molecular flexibility index (Phi) is 5.11. The van der Waals surface area contributed by atoms with Crippen molar-refractivity contribution in [2.24, 2.45) is 5.92 Å². The summed E-state index contributed by atoms with van der Waals surface area (Å²) in [5.74, 6) is 1.52. The van der Waals surface area contributed by atoms with Crippen molar-refractivity contribution < 1.29 is 4.79 Å². The number of anilines is 3. The van der Waals surface area contributed by atoms with Crippen LogP contribution in [0, 0.1) is 12.8 Å². The topological polar surface area (TPSA) is 60.5 Å². The van der Waals surface area contributed by atoms with E-state index in [-0.39, 0.29) is 12.1 Å². The molecule has 2 amide bonds. The van der Waals surface area contributed by atoms with Gasteiger partial charge in [0.25, 0.3) is 0 Å². The van der Waals surface area contributed by atoms with Crippen molar-refractivity contribution in [3.63, 3.8) is 0 Å². The number of pyridine rings is 1. The number of hydrogen-bond donors (Lipinski definition) is 2. The quantitative estimate of drug-likeness (QED) is 0.853. The van der Waals surface area contributed by atoms with Crippen molar-refractivity contribution in [2.75, 3.05) is 42.2 Å². The molecule has 0 spiro atoms. The van der Waals surface area contributed by atoms with E-state index in [1.54, 1.807) is 0 Å². The highest BCUT2D eigenvalue weighted by atomic mass is 16.2. The minimum Gasteiger partial charge on any atom is -0.369 e. The van der Waals surface area contributed by atoms with E-state index in [2.05, 4.69) is 40.6 Å². The third kappa shape index (κ3) is 3.63. The first-order valence-electron chi connectivity index (χ1n) is 10.1. The minimum atomic E-state index is -0.0178. The summed E-state index contributed by atoms with van der Waals surface area (Å²) in [5.41, 5.74) is 4.55. The molecular formula is C22H29N5O. The molecule has 148 valence electrons. The molecule has 1 aromatic carbocycles. The molecule has 6 nitrogen and oxygen atoms in total. The van der Waals surface area contributed by atoms with Crippen LogP contribution >= 0.6 is 0 Å². The maximum Gasteiger partial charge on any atom is 0.321 e. The van der Waals surface area contributed by atoms with Crippen LogP contribution in [0.25, 0.3) is 0 Å². The third-order valence-electron chi connectivity index (χ3n) is 6.08. The van der Waals surface area contributed by atoms with Crippen LogP contribution in [0.15, 0.2) is 36.5 Å². The fraction of sp³-hybridized carbons (Fsp3) is 0.455. The largest absolute Gasteiger partial charge is 0.369 e. The molecule has 2 aliphatic rings. The highest BCUT2D eigenvalue weighted by molar-refractivity contribution is 5.89. The molecule has 0 radical (unpaired) electrons. The van der Waals surface area contributed by atoms with Gasteiger partial charge in [0.1, 0.15) is 5.82 Å². The third-order valence-corrected chi connectivity index (χ3v) is 6.08. The van der Waals surface area contributed by atoms with E-state index in [1.807, 2.05) is 42.3 Å². The van der Waals surface area contributed by atoms with Gasteiger partial charge in [0.2, 0.25) is 0 Å². The predicted molar refractivity (Wildman–Crippen MR) is 114 cm³/mol. The van der Waals surface area contributed by atoms with E-state index in [4.69, 9.17) is 0 Å². The molecule has 0 bridgehead atoms. The number of aryl methyl sites for hydroxylation is 1. The summed E-state index contributed by atoms with van der Waals surface area (Å²) in [6, 6.07) is 10.3. The first-order valence-corrected chi connectivity index (χ1v) is 10.1. The van der Waals surface area contributed by atoms with Gasteiger partial charge in [-0.25, -0.2) is 9.78 Å². The molecule has 0 saturated carbocycles. The lowest BCUT2D eigenvalue weighted by atomic mass is 9.92. The van der Waals surface area contributed by atoms with Crippen LogP contribution in [0.4, 0.5) is 22.0 Å². The van der Waals surface area contributed by atoms with Gasteiger partial charge >= 0.3 is 6.03 Å². The molecular weight excluding hydrogens is 350 g/mol. The van der Waals surface area contributed by atoms with Crippen LogP contribution < -0.4 is 15.5 Å². The Morgan fingerprint density at radius 2 is 2.07 bits per heavy atom. The van der Waals surface area contributed by atoms with Crippen LogP contribution in [0.2, 0.25) is 0 Å². The van der Waals surface area contributed by atoms with Gasteiger partial charge in [-0.2, -0.15) is 0 Å². The summed E-state index contributed by atoms with van der Waals surface area (Å²) in [6.07, 6.45) is 3.88. The fourth-order valence-electron chi connectivity index (χ4n) is 4.27. The number of nitrogens with one attached hydrogen (secondary N) is 2. The van der Waals surface area contributed by atoms with E-state index < -0.39 is 0 Å². The normalized spacial score (nSPS) is 21.0. The van der Waals surface area contributed by atoms with Gasteiger partial charge in [0.15, 0.2) is 0 Å². The highest BCUT2D eigenvalue weighted by Crippen LogP contribution is 2.33. The van der Waals surface area contributed by atoms with Gasteiger partial charge in [0.05, 0.1) is 0 Å². The van der Waals surface area contributed by atoms with Gasteiger partial charge < -0.3 is 20.4 Å². The number of fused-ring (bicyclic) bond motifs is 1. The maximum absolute atomic E-state index is 12.8. The number of piperidine rings is 1. The van der Waals surface area contributed by atoms with Gasteiger partial charge in [-0.1, -0.05) is 24.6 Å². The van der Waals surface area contributed by atoms with E-state index >= 15 is 0 Å². The number of aromatic nitrogens is 1. The Morgan fingerprint density at radius 1 is 1.29 bits per heavy atom. The van der Waals surface area contributed by atoms with Crippen molar-refractivity contribution in [3.8, 4) is 0 Å². The van der Waals surface area contributed by atoms with E-state index in [0.717, 1.165) is 44.0 Å². The number of benzene rings is 1. The van der Waals surface area contributed by atoms with Crippen molar-refractivity contribution in [1.29, 1.82) is 0 Å². The molecule has 2 aliphatic heterocycles. The SMILES string of the molecule is Cc1ccc(NC(=O)N2CC[C@@H](C)C(N(C)c3ccnc4c3CCN4)C2)cc1. The molecule has 1 fully saturated rings. The second-order valence-electron chi connectivity index (χ2n) is 8.02. The Hall–Kier alpha value is -2.76. The molecule has 2 N–H and O–H groups in total. The van der Waals surface area contributed by atoms with Crippen molar-refractivity contribution in [3.05, 3.63) is 47.7 Å². The lowest BCUT2D eigenvalue weighted by molar-refractivity contribution is 0.172. The number of urea groups is 1. The summed E-state index contributed by atoms with van der Waals surface area (Å²) >= 11 is 0.